The van der Waals surface area contributed by atoms with E-state index in [1.165, 1.54) is 11.1 Å². The molecule has 0 bridgehead atoms. The quantitative estimate of drug-likeness (QED) is 0.384. The lowest BCUT2D eigenvalue weighted by Gasteiger charge is -2.14. The number of H-pyrrole nitrogens is 2. The molecule has 2 aliphatic carbocycles. The van der Waals surface area contributed by atoms with Crippen LogP contribution in [-0.4, -0.2) is 40.7 Å². The SMILES string of the molecule is O=c1[nH]c(O)c(/C=c2\cnn3c(=NC4CC4)nc(NC4CCc5ccccc54)nc23)[nH]1. The van der Waals surface area contributed by atoms with Gasteiger partial charge in [0, 0.05) is 5.22 Å². The number of nitrogens with zero attached hydrogens (tertiary/aromatic N) is 5. The maximum Gasteiger partial charge on any atom is 0.326 e. The second-order valence-corrected chi connectivity index (χ2v) is 7.96. The van der Waals surface area contributed by atoms with Gasteiger partial charge in [-0.05, 0) is 42.9 Å². The van der Waals surface area contributed by atoms with E-state index in [4.69, 9.17) is 9.98 Å². The lowest BCUT2D eigenvalue weighted by atomic mass is 10.1. The molecule has 3 aromatic heterocycles. The number of nitrogens with one attached hydrogen (secondary N) is 3. The van der Waals surface area contributed by atoms with E-state index in [-0.39, 0.29) is 23.7 Å². The zero-order chi connectivity index (χ0) is 20.9. The molecule has 0 spiro atoms. The number of aromatic amines is 2. The molecule has 10 heteroatoms. The van der Waals surface area contributed by atoms with Gasteiger partial charge in [-0.25, -0.2) is 9.79 Å². The lowest BCUT2D eigenvalue weighted by molar-refractivity contribution is 0.454. The van der Waals surface area contributed by atoms with Crippen LogP contribution in [0, 0.1) is 0 Å². The van der Waals surface area contributed by atoms with Gasteiger partial charge in [-0.3, -0.25) is 4.98 Å². The second-order valence-electron chi connectivity index (χ2n) is 7.96. The number of aryl methyl sites for hydroxylation is 1. The molecule has 1 saturated carbocycles. The maximum atomic E-state index is 11.5. The van der Waals surface area contributed by atoms with Gasteiger partial charge < -0.3 is 15.4 Å². The third-order valence-electron chi connectivity index (χ3n) is 5.69. The van der Waals surface area contributed by atoms with Gasteiger partial charge in [0.1, 0.15) is 5.69 Å². The molecule has 6 rings (SSSR count). The van der Waals surface area contributed by atoms with Crippen molar-refractivity contribution in [1.29, 1.82) is 0 Å². The van der Waals surface area contributed by atoms with E-state index >= 15 is 0 Å². The first-order valence-corrected chi connectivity index (χ1v) is 10.3. The van der Waals surface area contributed by atoms with Crippen molar-refractivity contribution in [2.24, 2.45) is 4.99 Å². The Kier molecular flexibility index (Phi) is 3.92. The number of fused-ring (bicyclic) bond motifs is 2. The first-order valence-electron chi connectivity index (χ1n) is 10.3. The molecule has 0 amide bonds. The number of hydrogen-bond donors (Lipinski definition) is 4. The Morgan fingerprint density at radius 3 is 2.87 bits per heavy atom. The van der Waals surface area contributed by atoms with Gasteiger partial charge in [-0.1, -0.05) is 24.3 Å². The van der Waals surface area contributed by atoms with Crippen LogP contribution in [0.3, 0.4) is 0 Å². The predicted octanol–water partition coefficient (Wildman–Crippen LogP) is 0.556. The van der Waals surface area contributed by atoms with Crippen LogP contribution in [-0.2, 0) is 6.42 Å². The third kappa shape index (κ3) is 3.25. The summed E-state index contributed by atoms with van der Waals surface area (Å²) in [5.41, 5.74) is 3.42. The van der Waals surface area contributed by atoms with Crippen LogP contribution in [0.5, 0.6) is 5.88 Å². The van der Waals surface area contributed by atoms with Gasteiger partial charge in [0.2, 0.25) is 11.8 Å². The number of rotatable bonds is 4. The van der Waals surface area contributed by atoms with Crippen molar-refractivity contribution in [3.63, 3.8) is 0 Å². The molecule has 1 unspecified atom stereocenters. The zero-order valence-corrected chi connectivity index (χ0v) is 16.5. The maximum absolute atomic E-state index is 11.5. The predicted molar refractivity (Wildman–Crippen MR) is 112 cm³/mol. The molecule has 31 heavy (non-hydrogen) atoms. The molecule has 4 aromatic rings. The Labute approximate surface area is 175 Å². The Morgan fingerprint density at radius 2 is 2.06 bits per heavy atom. The fourth-order valence-electron chi connectivity index (χ4n) is 4.01. The van der Waals surface area contributed by atoms with E-state index in [0.717, 1.165) is 25.7 Å². The number of imidazole rings is 1. The standard InChI is InChI=1S/C21H20N8O2/c30-18-16(25-21(31)27-18)9-12-10-22-29-17(12)26-19(28-20(29)23-13-6-7-13)24-15-8-5-11-3-1-2-4-14(11)15/h1-4,9-10,13,15,30H,5-8H2,(H,23,24,28)(H2,25,27,31)/b12-9+. The average Bonchev–Trinajstić information content (AvgIpc) is 3.20. The molecule has 0 saturated heterocycles. The lowest BCUT2D eigenvalue weighted by Crippen LogP contribution is -2.25. The highest BCUT2D eigenvalue weighted by Crippen LogP contribution is 2.32. The smallest absolute Gasteiger partial charge is 0.326 e. The van der Waals surface area contributed by atoms with E-state index in [1.54, 1.807) is 16.8 Å². The van der Waals surface area contributed by atoms with Gasteiger partial charge in [0.25, 0.3) is 5.62 Å². The largest absolute Gasteiger partial charge is 0.493 e. The molecule has 4 N–H and O–H groups in total. The van der Waals surface area contributed by atoms with Crippen LogP contribution < -0.4 is 21.8 Å². The van der Waals surface area contributed by atoms with Crippen LogP contribution >= 0.6 is 0 Å². The second kappa shape index (κ2) is 6.79. The summed E-state index contributed by atoms with van der Waals surface area (Å²) in [6, 6.07) is 8.80. The van der Waals surface area contributed by atoms with Crippen molar-refractivity contribution in [3.05, 3.63) is 68.6 Å². The number of aromatic nitrogens is 6. The van der Waals surface area contributed by atoms with Crippen LogP contribution in [0.25, 0.3) is 11.7 Å². The van der Waals surface area contributed by atoms with Gasteiger partial charge in [-0.2, -0.15) is 19.6 Å². The van der Waals surface area contributed by atoms with E-state index < -0.39 is 5.69 Å². The highest BCUT2D eigenvalue weighted by molar-refractivity contribution is 5.57. The van der Waals surface area contributed by atoms with Gasteiger partial charge >= 0.3 is 5.69 Å². The summed E-state index contributed by atoms with van der Waals surface area (Å²) in [6.07, 6.45) is 7.32. The summed E-state index contributed by atoms with van der Waals surface area (Å²) >= 11 is 0. The summed E-state index contributed by atoms with van der Waals surface area (Å²) in [4.78, 5) is 30.4. The topological polar surface area (TPSA) is 136 Å². The summed E-state index contributed by atoms with van der Waals surface area (Å²) < 4.78 is 1.60. The molecule has 0 aliphatic heterocycles. The van der Waals surface area contributed by atoms with Gasteiger partial charge in [0.15, 0.2) is 5.65 Å². The van der Waals surface area contributed by atoms with Crippen molar-refractivity contribution >= 4 is 17.7 Å². The molecule has 3 heterocycles. The highest BCUT2D eigenvalue weighted by atomic mass is 16.3. The minimum Gasteiger partial charge on any atom is -0.493 e. The fraction of sp³-hybridized carbons (Fsp3) is 0.286. The van der Waals surface area contributed by atoms with Crippen molar-refractivity contribution in [2.75, 3.05) is 5.32 Å². The van der Waals surface area contributed by atoms with E-state index in [1.807, 2.05) is 6.07 Å². The van der Waals surface area contributed by atoms with Crippen molar-refractivity contribution in [1.82, 2.24) is 29.5 Å². The minimum atomic E-state index is -0.485. The molecule has 156 valence electrons. The summed E-state index contributed by atoms with van der Waals surface area (Å²) in [5.74, 6) is 0.248. The normalized spacial score (nSPS) is 19.3. The number of hydrogen-bond acceptors (Lipinski definition) is 7. The zero-order valence-electron chi connectivity index (χ0n) is 16.5. The summed E-state index contributed by atoms with van der Waals surface area (Å²) in [7, 11) is 0. The van der Waals surface area contributed by atoms with Gasteiger partial charge in [0.05, 0.1) is 18.3 Å². The Balaban J connectivity index is 1.48. The van der Waals surface area contributed by atoms with Crippen molar-refractivity contribution in [2.45, 2.75) is 37.8 Å². The van der Waals surface area contributed by atoms with E-state index in [0.29, 0.717) is 22.4 Å². The Hall–Kier alpha value is -3.95. The number of anilines is 1. The molecule has 1 fully saturated rings. The van der Waals surface area contributed by atoms with Crippen LogP contribution in [0.15, 0.2) is 40.2 Å². The van der Waals surface area contributed by atoms with Gasteiger partial charge in [-0.15, -0.1) is 0 Å². The first-order chi connectivity index (χ1) is 15.1. The molecule has 2 aliphatic rings. The van der Waals surface area contributed by atoms with Crippen molar-refractivity contribution < 1.29 is 5.11 Å². The molecule has 10 nitrogen and oxygen atoms in total. The fourth-order valence-corrected chi connectivity index (χ4v) is 4.01. The average molecular weight is 416 g/mol. The monoisotopic (exact) mass is 416 g/mol. The molecular formula is C21H20N8O2. The molecule has 0 radical (unpaired) electrons. The molecular weight excluding hydrogens is 396 g/mol. The molecule has 1 aromatic carbocycles. The third-order valence-corrected chi connectivity index (χ3v) is 5.69. The number of benzene rings is 1. The summed E-state index contributed by atoms with van der Waals surface area (Å²) in [5, 5.41) is 18.4. The van der Waals surface area contributed by atoms with Crippen molar-refractivity contribution in [3.8, 4) is 5.88 Å². The minimum absolute atomic E-state index is 0.132. The Morgan fingerprint density at radius 1 is 1.19 bits per heavy atom. The van der Waals surface area contributed by atoms with Crippen LogP contribution in [0.1, 0.15) is 42.1 Å². The first kappa shape index (κ1) is 17.9. The van der Waals surface area contributed by atoms with E-state index in [9.17, 15) is 9.90 Å². The Bertz CT molecular complexity index is 1480. The molecule has 1 atom stereocenters. The highest BCUT2D eigenvalue weighted by Gasteiger charge is 2.24. The number of aromatic hydroxyl groups is 1. The van der Waals surface area contributed by atoms with Crippen LogP contribution in [0.2, 0.25) is 0 Å². The van der Waals surface area contributed by atoms with Crippen LogP contribution in [0.4, 0.5) is 5.95 Å². The van der Waals surface area contributed by atoms with E-state index in [2.05, 4.69) is 43.6 Å². The summed E-state index contributed by atoms with van der Waals surface area (Å²) in [6.45, 7) is 0.